The number of allylic oxidation sites excluding steroid dienone is 2. The van der Waals surface area contributed by atoms with E-state index in [4.69, 9.17) is 5.11 Å². The molecule has 0 aliphatic heterocycles. The highest BCUT2D eigenvalue weighted by atomic mass is 19.4. The minimum Gasteiger partial charge on any atom is -0.459 e. The molecule has 4 unspecified atom stereocenters. The van der Waals surface area contributed by atoms with Crippen molar-refractivity contribution in [3.8, 4) is 0 Å². The number of carbonyl (C=O) groups is 1. The first-order chi connectivity index (χ1) is 10.4. The van der Waals surface area contributed by atoms with Gasteiger partial charge in [0.15, 0.2) is 6.61 Å². The van der Waals surface area contributed by atoms with Gasteiger partial charge in [-0.3, -0.25) is 4.79 Å². The number of rotatable bonds is 5. The van der Waals surface area contributed by atoms with E-state index in [2.05, 4.69) is 4.74 Å². The lowest BCUT2D eigenvalue weighted by molar-refractivity contribution is -0.370. The quantitative estimate of drug-likeness (QED) is 0.471. The summed E-state index contributed by atoms with van der Waals surface area (Å²) in [6, 6.07) is 0. The highest BCUT2D eigenvalue weighted by molar-refractivity contribution is 5.74. The zero-order chi connectivity index (χ0) is 17.6. The average molecular weight is 350 g/mol. The van der Waals surface area contributed by atoms with Crippen LogP contribution in [0, 0.1) is 17.8 Å². The third-order valence-electron chi connectivity index (χ3n) is 4.28. The number of esters is 1. The van der Waals surface area contributed by atoms with Gasteiger partial charge in [0.1, 0.15) is 0 Å². The first kappa shape index (κ1) is 18.0. The van der Waals surface area contributed by atoms with Crippen molar-refractivity contribution >= 4 is 5.97 Å². The van der Waals surface area contributed by atoms with E-state index in [1.807, 2.05) is 6.08 Å². The van der Waals surface area contributed by atoms with E-state index in [-0.39, 0.29) is 11.8 Å². The van der Waals surface area contributed by atoms with E-state index < -0.39 is 42.6 Å². The molecule has 2 rings (SSSR count). The maximum absolute atomic E-state index is 13.5. The molecule has 23 heavy (non-hydrogen) atoms. The molecule has 0 heterocycles. The summed E-state index contributed by atoms with van der Waals surface area (Å²) in [6.07, 6.45) is -6.66. The Bertz CT molecular complexity index is 502. The Morgan fingerprint density at radius 3 is 2.17 bits per heavy atom. The molecule has 0 amide bonds. The highest BCUT2D eigenvalue weighted by Crippen LogP contribution is 2.47. The van der Waals surface area contributed by atoms with Gasteiger partial charge in [-0.05, 0) is 24.7 Å². The molecule has 3 nitrogen and oxygen atoms in total. The molecule has 132 valence electrons. The highest BCUT2D eigenvalue weighted by Gasteiger charge is 2.75. The van der Waals surface area contributed by atoms with Crippen LogP contribution in [0.1, 0.15) is 12.8 Å². The number of fused-ring (bicyclic) bond motifs is 2. The predicted molar refractivity (Wildman–Crippen MR) is 61.8 cm³/mol. The fourth-order valence-corrected chi connectivity index (χ4v) is 2.92. The van der Waals surface area contributed by atoms with Crippen molar-refractivity contribution in [2.75, 3.05) is 6.61 Å². The Morgan fingerprint density at radius 2 is 1.78 bits per heavy atom. The molecule has 2 bridgehead atoms. The van der Waals surface area contributed by atoms with Crippen molar-refractivity contribution in [1.29, 1.82) is 0 Å². The molecule has 2 aliphatic rings. The summed E-state index contributed by atoms with van der Waals surface area (Å²) < 4.78 is 93.3. The molecule has 10 heteroatoms. The molecule has 0 radical (unpaired) electrons. The Kier molecular flexibility index (Phi) is 4.42. The second kappa shape index (κ2) is 5.64. The lowest BCUT2D eigenvalue weighted by atomic mass is 9.93. The standard InChI is InChI=1S/C13H13F7O3/c14-10(15)12(22,13(18,19)20)11(16,17)5-23-9(21)8-4-6-1-2-7(8)3-6/h1-2,6-8,10,22H,3-5H2. The van der Waals surface area contributed by atoms with Gasteiger partial charge in [0.25, 0.3) is 12.0 Å². The first-order valence-electron chi connectivity index (χ1n) is 6.70. The number of aliphatic hydroxyl groups is 1. The molecular formula is C13H13F7O3. The number of ether oxygens (including phenoxy) is 1. The van der Waals surface area contributed by atoms with Gasteiger partial charge in [0.05, 0.1) is 5.92 Å². The first-order valence-corrected chi connectivity index (χ1v) is 6.70. The number of alkyl halides is 7. The normalized spacial score (nSPS) is 29.9. The van der Waals surface area contributed by atoms with Crippen LogP contribution in [0.25, 0.3) is 0 Å². The van der Waals surface area contributed by atoms with Crippen LogP contribution < -0.4 is 0 Å². The summed E-state index contributed by atoms with van der Waals surface area (Å²) >= 11 is 0. The lowest BCUT2D eigenvalue weighted by Gasteiger charge is -2.36. The number of hydrogen-bond acceptors (Lipinski definition) is 3. The van der Waals surface area contributed by atoms with E-state index in [0.717, 1.165) is 0 Å². The number of halogens is 7. The van der Waals surface area contributed by atoms with Crippen LogP contribution in [0.2, 0.25) is 0 Å². The Labute approximate surface area is 126 Å². The van der Waals surface area contributed by atoms with Crippen LogP contribution in [-0.4, -0.2) is 41.8 Å². The Morgan fingerprint density at radius 1 is 1.17 bits per heavy atom. The summed E-state index contributed by atoms with van der Waals surface area (Å²) in [7, 11) is 0. The minimum atomic E-state index is -6.30. The van der Waals surface area contributed by atoms with Gasteiger partial charge < -0.3 is 9.84 Å². The molecule has 0 aromatic carbocycles. The second-order valence-electron chi connectivity index (χ2n) is 5.76. The van der Waals surface area contributed by atoms with E-state index >= 15 is 0 Å². The second-order valence-corrected chi connectivity index (χ2v) is 5.76. The van der Waals surface area contributed by atoms with Crippen LogP contribution in [-0.2, 0) is 9.53 Å². The molecule has 2 aliphatic carbocycles. The van der Waals surface area contributed by atoms with Gasteiger partial charge >= 0.3 is 18.1 Å². The molecule has 1 N–H and O–H groups in total. The fourth-order valence-electron chi connectivity index (χ4n) is 2.92. The maximum atomic E-state index is 13.5. The lowest BCUT2D eigenvalue weighted by Crippen LogP contribution is -2.65. The Hall–Kier alpha value is -1.32. The minimum absolute atomic E-state index is 0.0752. The zero-order valence-corrected chi connectivity index (χ0v) is 11.5. The van der Waals surface area contributed by atoms with Crippen molar-refractivity contribution in [3.63, 3.8) is 0 Å². The van der Waals surface area contributed by atoms with Gasteiger partial charge in [-0.15, -0.1) is 0 Å². The predicted octanol–water partition coefficient (Wildman–Crippen LogP) is 2.94. The van der Waals surface area contributed by atoms with Crippen LogP contribution >= 0.6 is 0 Å². The van der Waals surface area contributed by atoms with Crippen LogP contribution in [0.4, 0.5) is 30.7 Å². The number of carbonyl (C=O) groups excluding carboxylic acids is 1. The molecule has 1 fully saturated rings. The zero-order valence-electron chi connectivity index (χ0n) is 11.5. The SMILES string of the molecule is O=C(OCC(F)(F)C(O)(C(F)F)C(F)(F)F)C1CC2C=CC1C2. The van der Waals surface area contributed by atoms with Crippen molar-refractivity contribution in [2.45, 2.75) is 37.0 Å². The molecule has 0 aromatic rings. The van der Waals surface area contributed by atoms with E-state index in [9.17, 15) is 35.5 Å². The summed E-state index contributed by atoms with van der Waals surface area (Å²) in [5, 5.41) is 8.81. The molecule has 4 atom stereocenters. The third-order valence-corrected chi connectivity index (χ3v) is 4.28. The van der Waals surface area contributed by atoms with Crippen molar-refractivity contribution < 1.29 is 45.4 Å². The van der Waals surface area contributed by atoms with Gasteiger partial charge in [0, 0.05) is 0 Å². The van der Waals surface area contributed by atoms with Crippen LogP contribution in [0.15, 0.2) is 12.2 Å². The Balaban J connectivity index is 2.05. The maximum Gasteiger partial charge on any atom is 0.429 e. The van der Waals surface area contributed by atoms with Crippen LogP contribution in [0.3, 0.4) is 0 Å². The topological polar surface area (TPSA) is 46.5 Å². The average Bonchev–Trinajstić information content (AvgIpc) is 3.04. The van der Waals surface area contributed by atoms with Gasteiger partial charge in [-0.1, -0.05) is 12.2 Å². The molecule has 0 spiro atoms. The van der Waals surface area contributed by atoms with Crippen molar-refractivity contribution in [3.05, 3.63) is 12.2 Å². The fraction of sp³-hybridized carbons (Fsp3) is 0.769. The van der Waals surface area contributed by atoms with Gasteiger partial charge in [-0.2, -0.15) is 22.0 Å². The largest absolute Gasteiger partial charge is 0.459 e. The molecule has 0 saturated heterocycles. The van der Waals surface area contributed by atoms with E-state index in [0.29, 0.717) is 12.8 Å². The third kappa shape index (κ3) is 2.92. The van der Waals surface area contributed by atoms with Crippen LogP contribution in [0.5, 0.6) is 0 Å². The summed E-state index contributed by atoms with van der Waals surface area (Å²) in [4.78, 5) is 11.7. The van der Waals surface area contributed by atoms with Crippen molar-refractivity contribution in [2.24, 2.45) is 17.8 Å². The molecule has 1 saturated carbocycles. The number of hydrogen-bond donors (Lipinski definition) is 1. The van der Waals surface area contributed by atoms with Gasteiger partial charge in [0.2, 0.25) is 0 Å². The van der Waals surface area contributed by atoms with Crippen molar-refractivity contribution in [1.82, 2.24) is 0 Å². The molecular weight excluding hydrogens is 337 g/mol. The summed E-state index contributed by atoms with van der Waals surface area (Å²) in [5.41, 5.74) is -5.59. The smallest absolute Gasteiger partial charge is 0.429 e. The summed E-state index contributed by atoms with van der Waals surface area (Å²) in [5.74, 6) is -7.53. The molecule has 0 aromatic heterocycles. The monoisotopic (exact) mass is 350 g/mol. The van der Waals surface area contributed by atoms with E-state index in [1.54, 1.807) is 6.08 Å². The van der Waals surface area contributed by atoms with Gasteiger partial charge in [-0.25, -0.2) is 8.78 Å². The summed E-state index contributed by atoms with van der Waals surface area (Å²) in [6.45, 7) is -2.27. The van der Waals surface area contributed by atoms with E-state index in [1.165, 1.54) is 0 Å².